The standard InChI is InChI=1S/C12H13BrN4O/c1-8-6-11(17-14)16-12(15-8)7-18-10-4-2-9(13)3-5-10/h2-6H,7,14H2,1H3,(H,15,16,17). The van der Waals surface area contributed by atoms with Crippen LogP contribution in [0.5, 0.6) is 5.75 Å². The lowest BCUT2D eigenvalue weighted by atomic mass is 10.3. The van der Waals surface area contributed by atoms with E-state index in [1.54, 1.807) is 6.07 Å². The number of anilines is 1. The molecule has 0 bridgehead atoms. The first kappa shape index (κ1) is 12.8. The molecule has 0 saturated carbocycles. The number of benzene rings is 1. The molecular weight excluding hydrogens is 296 g/mol. The quantitative estimate of drug-likeness (QED) is 0.670. The first-order chi connectivity index (χ1) is 8.67. The van der Waals surface area contributed by atoms with Crippen LogP contribution in [-0.2, 0) is 6.61 Å². The summed E-state index contributed by atoms with van der Waals surface area (Å²) in [6.07, 6.45) is 0. The number of nitrogens with two attached hydrogens (primary N) is 1. The molecule has 1 heterocycles. The number of aryl methyl sites for hydroxylation is 1. The van der Waals surface area contributed by atoms with Crippen LogP contribution in [0.1, 0.15) is 11.5 Å². The number of ether oxygens (including phenoxy) is 1. The van der Waals surface area contributed by atoms with Crippen molar-refractivity contribution in [2.45, 2.75) is 13.5 Å². The van der Waals surface area contributed by atoms with E-state index >= 15 is 0 Å². The van der Waals surface area contributed by atoms with E-state index in [0.717, 1.165) is 15.9 Å². The number of nitrogen functional groups attached to an aromatic ring is 1. The Morgan fingerprint density at radius 2 is 2.00 bits per heavy atom. The van der Waals surface area contributed by atoms with Gasteiger partial charge in [-0.05, 0) is 31.2 Å². The maximum Gasteiger partial charge on any atom is 0.168 e. The number of aromatic nitrogens is 2. The molecule has 0 radical (unpaired) electrons. The van der Waals surface area contributed by atoms with E-state index in [9.17, 15) is 0 Å². The molecule has 0 aliphatic rings. The minimum atomic E-state index is 0.304. The van der Waals surface area contributed by atoms with Gasteiger partial charge in [-0.3, -0.25) is 0 Å². The molecule has 0 aliphatic heterocycles. The Balaban J connectivity index is 2.05. The van der Waals surface area contributed by atoms with Gasteiger partial charge in [0.15, 0.2) is 5.82 Å². The number of rotatable bonds is 4. The van der Waals surface area contributed by atoms with Crippen LogP contribution in [0.2, 0.25) is 0 Å². The van der Waals surface area contributed by atoms with E-state index in [1.807, 2.05) is 31.2 Å². The summed E-state index contributed by atoms with van der Waals surface area (Å²) in [6.45, 7) is 2.18. The van der Waals surface area contributed by atoms with Gasteiger partial charge < -0.3 is 10.2 Å². The summed E-state index contributed by atoms with van der Waals surface area (Å²) in [6, 6.07) is 9.35. The summed E-state index contributed by atoms with van der Waals surface area (Å²) in [5, 5.41) is 0. The average Bonchev–Trinajstić information content (AvgIpc) is 2.37. The number of hydrogen-bond donors (Lipinski definition) is 2. The van der Waals surface area contributed by atoms with Crippen LogP contribution >= 0.6 is 15.9 Å². The molecule has 1 aromatic heterocycles. The van der Waals surface area contributed by atoms with E-state index in [0.29, 0.717) is 18.2 Å². The Morgan fingerprint density at radius 1 is 1.28 bits per heavy atom. The van der Waals surface area contributed by atoms with Crippen LogP contribution in [0, 0.1) is 6.92 Å². The normalized spacial score (nSPS) is 10.2. The molecule has 1 aromatic carbocycles. The van der Waals surface area contributed by atoms with Gasteiger partial charge >= 0.3 is 0 Å². The average molecular weight is 309 g/mol. The van der Waals surface area contributed by atoms with Gasteiger partial charge in [-0.1, -0.05) is 15.9 Å². The van der Waals surface area contributed by atoms with E-state index in [1.165, 1.54) is 0 Å². The van der Waals surface area contributed by atoms with Crippen LogP contribution in [0.3, 0.4) is 0 Å². The van der Waals surface area contributed by atoms with Crippen molar-refractivity contribution in [1.82, 2.24) is 9.97 Å². The Labute approximate surface area is 113 Å². The van der Waals surface area contributed by atoms with Gasteiger partial charge in [0.05, 0.1) is 0 Å². The van der Waals surface area contributed by atoms with Crippen molar-refractivity contribution >= 4 is 21.7 Å². The minimum Gasteiger partial charge on any atom is -0.486 e. The molecule has 2 aromatic rings. The molecule has 2 rings (SSSR count). The second-order valence-corrected chi connectivity index (χ2v) is 4.61. The first-order valence-electron chi connectivity index (χ1n) is 5.37. The van der Waals surface area contributed by atoms with Crippen LogP contribution in [-0.4, -0.2) is 9.97 Å². The lowest BCUT2D eigenvalue weighted by Crippen LogP contribution is -2.12. The predicted octanol–water partition coefficient (Wildman–Crippen LogP) is 2.41. The summed E-state index contributed by atoms with van der Waals surface area (Å²) >= 11 is 3.37. The summed E-state index contributed by atoms with van der Waals surface area (Å²) in [4.78, 5) is 8.48. The zero-order valence-corrected chi connectivity index (χ0v) is 11.4. The van der Waals surface area contributed by atoms with Crippen molar-refractivity contribution < 1.29 is 4.74 Å². The van der Waals surface area contributed by atoms with Gasteiger partial charge in [0.1, 0.15) is 18.2 Å². The van der Waals surface area contributed by atoms with Crippen LogP contribution in [0.15, 0.2) is 34.8 Å². The van der Waals surface area contributed by atoms with Gasteiger partial charge in [0.2, 0.25) is 0 Å². The summed E-state index contributed by atoms with van der Waals surface area (Å²) in [7, 11) is 0. The maximum absolute atomic E-state index is 5.59. The molecule has 0 saturated heterocycles. The zero-order valence-electron chi connectivity index (χ0n) is 9.85. The molecule has 0 fully saturated rings. The van der Waals surface area contributed by atoms with E-state index in [-0.39, 0.29) is 0 Å². The lowest BCUT2D eigenvalue weighted by Gasteiger charge is -2.07. The monoisotopic (exact) mass is 308 g/mol. The second kappa shape index (κ2) is 5.79. The van der Waals surface area contributed by atoms with Crippen LogP contribution in [0.25, 0.3) is 0 Å². The maximum atomic E-state index is 5.59. The van der Waals surface area contributed by atoms with Crippen molar-refractivity contribution in [3.63, 3.8) is 0 Å². The van der Waals surface area contributed by atoms with Gasteiger partial charge in [-0.25, -0.2) is 15.8 Å². The van der Waals surface area contributed by atoms with Crippen molar-refractivity contribution in [1.29, 1.82) is 0 Å². The molecule has 0 aliphatic carbocycles. The van der Waals surface area contributed by atoms with E-state index in [4.69, 9.17) is 10.6 Å². The third-order valence-electron chi connectivity index (χ3n) is 2.23. The molecule has 18 heavy (non-hydrogen) atoms. The topological polar surface area (TPSA) is 73.1 Å². The van der Waals surface area contributed by atoms with Crippen molar-refractivity contribution in [2.75, 3.05) is 5.43 Å². The largest absolute Gasteiger partial charge is 0.486 e. The molecule has 0 amide bonds. The second-order valence-electron chi connectivity index (χ2n) is 3.70. The molecule has 94 valence electrons. The fourth-order valence-electron chi connectivity index (χ4n) is 1.45. The lowest BCUT2D eigenvalue weighted by molar-refractivity contribution is 0.295. The SMILES string of the molecule is Cc1cc(NN)nc(COc2ccc(Br)cc2)n1. The van der Waals surface area contributed by atoms with E-state index < -0.39 is 0 Å². The third kappa shape index (κ3) is 3.41. The van der Waals surface area contributed by atoms with Gasteiger partial charge in [-0.2, -0.15) is 0 Å². The van der Waals surface area contributed by atoms with E-state index in [2.05, 4.69) is 31.3 Å². The predicted molar refractivity (Wildman–Crippen MR) is 73.1 cm³/mol. The first-order valence-corrected chi connectivity index (χ1v) is 6.16. The smallest absolute Gasteiger partial charge is 0.168 e. The molecule has 0 spiro atoms. The van der Waals surface area contributed by atoms with Gasteiger partial charge in [-0.15, -0.1) is 0 Å². The highest BCUT2D eigenvalue weighted by atomic mass is 79.9. The fourth-order valence-corrected chi connectivity index (χ4v) is 1.71. The number of nitrogens with zero attached hydrogens (tertiary/aromatic N) is 2. The Morgan fingerprint density at radius 3 is 2.67 bits per heavy atom. The van der Waals surface area contributed by atoms with Crippen molar-refractivity contribution in [3.8, 4) is 5.75 Å². The Hall–Kier alpha value is -1.66. The van der Waals surface area contributed by atoms with Gasteiger partial charge in [0.25, 0.3) is 0 Å². The molecule has 0 unspecified atom stereocenters. The Kier molecular flexibility index (Phi) is 4.11. The number of halogens is 1. The third-order valence-corrected chi connectivity index (χ3v) is 2.76. The molecule has 3 N–H and O–H groups in total. The Bertz CT molecular complexity index is 530. The highest BCUT2D eigenvalue weighted by Crippen LogP contribution is 2.17. The molecule has 5 nitrogen and oxygen atoms in total. The number of nitrogens with one attached hydrogen (secondary N) is 1. The highest BCUT2D eigenvalue weighted by Gasteiger charge is 2.02. The van der Waals surface area contributed by atoms with Crippen LogP contribution < -0.4 is 16.0 Å². The highest BCUT2D eigenvalue weighted by molar-refractivity contribution is 9.10. The number of hydrazine groups is 1. The fraction of sp³-hybridized carbons (Fsp3) is 0.167. The van der Waals surface area contributed by atoms with Crippen molar-refractivity contribution in [2.24, 2.45) is 5.84 Å². The zero-order chi connectivity index (χ0) is 13.0. The molecule has 0 atom stereocenters. The molecular formula is C12H13BrN4O. The van der Waals surface area contributed by atoms with Crippen molar-refractivity contribution in [3.05, 3.63) is 46.3 Å². The number of hydrogen-bond acceptors (Lipinski definition) is 5. The minimum absolute atomic E-state index is 0.304. The van der Waals surface area contributed by atoms with Gasteiger partial charge in [0, 0.05) is 16.2 Å². The summed E-state index contributed by atoms with van der Waals surface area (Å²) in [5.41, 5.74) is 3.34. The van der Waals surface area contributed by atoms with Crippen LogP contribution in [0.4, 0.5) is 5.82 Å². The summed E-state index contributed by atoms with van der Waals surface area (Å²) < 4.78 is 6.60. The molecule has 6 heteroatoms. The summed E-state index contributed by atoms with van der Waals surface area (Å²) in [5.74, 6) is 7.26.